The first kappa shape index (κ1) is 13.4. The summed E-state index contributed by atoms with van der Waals surface area (Å²) in [5.41, 5.74) is 1.63. The van der Waals surface area contributed by atoms with Gasteiger partial charge >= 0.3 is 0 Å². The number of hydrogen-bond acceptors (Lipinski definition) is 3. The van der Waals surface area contributed by atoms with Gasteiger partial charge in [0.25, 0.3) is 10.1 Å². The molecule has 0 spiro atoms. The van der Waals surface area contributed by atoms with Crippen LogP contribution in [0.1, 0.15) is 32.6 Å². The highest BCUT2D eigenvalue weighted by Crippen LogP contribution is 2.52. The van der Waals surface area contributed by atoms with Crippen LogP contribution in [0.3, 0.4) is 0 Å². The Hall–Kier alpha value is -0.0000000000000000763. The van der Waals surface area contributed by atoms with Gasteiger partial charge < -0.3 is 0 Å². The highest BCUT2D eigenvalue weighted by atomic mass is 32.2. The molecule has 0 aromatic rings. The van der Waals surface area contributed by atoms with Gasteiger partial charge in [-0.25, -0.2) is 0 Å². The minimum absolute atomic E-state index is 0.0963. The second-order valence-corrected chi connectivity index (χ2v) is 7.96. The smallest absolute Gasteiger partial charge is 0.264 e. The van der Waals surface area contributed by atoms with Gasteiger partial charge in [-0.1, -0.05) is 11.6 Å². The van der Waals surface area contributed by atoms with E-state index in [0.29, 0.717) is 11.7 Å². The van der Waals surface area contributed by atoms with Crippen LogP contribution in [0.25, 0.3) is 0 Å². The van der Waals surface area contributed by atoms with Crippen molar-refractivity contribution in [1.29, 1.82) is 0 Å². The van der Waals surface area contributed by atoms with Gasteiger partial charge in [-0.15, -0.1) is 0 Å². The first-order valence-electron chi connectivity index (χ1n) is 6.21. The van der Waals surface area contributed by atoms with E-state index >= 15 is 0 Å². The van der Waals surface area contributed by atoms with Crippen molar-refractivity contribution in [2.24, 2.45) is 11.8 Å². The molecule has 2 bridgehead atoms. The summed E-state index contributed by atoms with van der Waals surface area (Å²) in [6.07, 6.45) is 6.67. The monoisotopic (exact) mass is 276 g/mol. The lowest BCUT2D eigenvalue weighted by Crippen LogP contribution is -2.15. The summed E-state index contributed by atoms with van der Waals surface area (Å²) in [6.45, 7) is 2.13. The average molecular weight is 276 g/mol. The fourth-order valence-electron chi connectivity index (χ4n) is 3.11. The molecule has 2 saturated carbocycles. The van der Waals surface area contributed by atoms with Crippen LogP contribution in [0.4, 0.5) is 0 Å². The van der Waals surface area contributed by atoms with Crippen molar-refractivity contribution in [1.82, 2.24) is 0 Å². The van der Waals surface area contributed by atoms with Crippen LogP contribution in [-0.4, -0.2) is 29.7 Å². The second-order valence-electron chi connectivity index (χ2n) is 5.04. The molecule has 2 fully saturated rings. The van der Waals surface area contributed by atoms with E-state index < -0.39 is 10.1 Å². The van der Waals surface area contributed by atoms with Crippen molar-refractivity contribution >= 4 is 21.9 Å². The Bertz CT molecular complexity index is 400. The predicted molar refractivity (Wildman–Crippen MR) is 71.9 cm³/mol. The summed E-state index contributed by atoms with van der Waals surface area (Å²) < 4.78 is 29.8. The molecule has 1 N–H and O–H groups in total. The lowest BCUT2D eigenvalue weighted by Gasteiger charge is -2.22. The third-order valence-electron chi connectivity index (χ3n) is 3.90. The molecule has 0 aromatic carbocycles. The Kier molecular flexibility index (Phi) is 4.21. The minimum atomic E-state index is -3.77. The molecule has 2 aliphatic rings. The van der Waals surface area contributed by atoms with Crippen molar-refractivity contribution in [2.75, 3.05) is 11.5 Å². The maximum absolute atomic E-state index is 10.6. The van der Waals surface area contributed by atoms with Crippen LogP contribution in [-0.2, 0) is 10.1 Å². The Morgan fingerprint density at radius 2 is 2.24 bits per heavy atom. The van der Waals surface area contributed by atoms with E-state index in [1.165, 1.54) is 19.3 Å². The van der Waals surface area contributed by atoms with E-state index in [1.54, 1.807) is 5.57 Å². The zero-order chi connectivity index (χ0) is 12.5. The highest BCUT2D eigenvalue weighted by molar-refractivity contribution is 7.99. The highest BCUT2D eigenvalue weighted by Gasteiger charge is 2.42. The van der Waals surface area contributed by atoms with E-state index in [4.69, 9.17) is 4.55 Å². The largest absolute Gasteiger partial charge is 0.286 e. The molecule has 3 atom stereocenters. The van der Waals surface area contributed by atoms with Gasteiger partial charge in [-0.2, -0.15) is 20.2 Å². The Labute approximate surface area is 108 Å². The molecule has 2 aliphatic carbocycles. The fraction of sp³-hybridized carbons (Fsp3) is 0.833. The van der Waals surface area contributed by atoms with Crippen LogP contribution in [0, 0.1) is 11.8 Å². The minimum Gasteiger partial charge on any atom is -0.286 e. The molecule has 0 heterocycles. The quantitative estimate of drug-likeness (QED) is 0.476. The number of thioether (sulfide) groups is 1. The van der Waals surface area contributed by atoms with Crippen LogP contribution in [0.5, 0.6) is 0 Å². The molecule has 0 amide bonds. The van der Waals surface area contributed by atoms with Crippen LogP contribution in [0.2, 0.25) is 0 Å². The van der Waals surface area contributed by atoms with Crippen molar-refractivity contribution in [3.8, 4) is 0 Å². The molecule has 0 aromatic heterocycles. The molecular formula is C12H20O3S2. The second kappa shape index (κ2) is 5.33. The Balaban J connectivity index is 1.70. The number of fused-ring (bicyclic) bond motifs is 2. The zero-order valence-electron chi connectivity index (χ0n) is 10.1. The summed E-state index contributed by atoms with van der Waals surface area (Å²) in [5, 5.41) is 0.713. The number of rotatable bonds is 5. The summed E-state index contributed by atoms with van der Waals surface area (Å²) in [6, 6.07) is 0. The predicted octanol–water partition coefficient (Wildman–Crippen LogP) is 2.74. The van der Waals surface area contributed by atoms with Gasteiger partial charge in [0.2, 0.25) is 0 Å². The topological polar surface area (TPSA) is 54.4 Å². The lowest BCUT2D eigenvalue weighted by molar-refractivity contribution is 0.482. The van der Waals surface area contributed by atoms with Gasteiger partial charge in [0, 0.05) is 5.25 Å². The molecule has 2 rings (SSSR count). The van der Waals surface area contributed by atoms with Gasteiger partial charge in [0.05, 0.1) is 5.75 Å². The molecule has 98 valence electrons. The zero-order valence-corrected chi connectivity index (χ0v) is 11.8. The number of hydrogen-bond donors (Lipinski definition) is 1. The van der Waals surface area contributed by atoms with Gasteiger partial charge in [-0.3, -0.25) is 4.55 Å². The van der Waals surface area contributed by atoms with Crippen LogP contribution in [0.15, 0.2) is 11.6 Å². The molecule has 17 heavy (non-hydrogen) atoms. The maximum atomic E-state index is 10.6. The van der Waals surface area contributed by atoms with E-state index in [-0.39, 0.29) is 5.75 Å². The van der Waals surface area contributed by atoms with E-state index in [1.807, 2.05) is 11.8 Å². The summed E-state index contributed by atoms with van der Waals surface area (Å²) in [7, 11) is -3.77. The molecular weight excluding hydrogens is 256 g/mol. The van der Waals surface area contributed by atoms with Crippen molar-refractivity contribution in [2.45, 2.75) is 37.9 Å². The van der Waals surface area contributed by atoms with Gasteiger partial charge in [-0.05, 0) is 50.2 Å². The summed E-state index contributed by atoms with van der Waals surface area (Å²) in [5.74, 6) is 2.35. The van der Waals surface area contributed by atoms with Crippen LogP contribution >= 0.6 is 11.8 Å². The van der Waals surface area contributed by atoms with E-state index in [0.717, 1.165) is 17.6 Å². The lowest BCUT2D eigenvalue weighted by atomic mass is 9.94. The molecule has 0 radical (unpaired) electrons. The first-order valence-corrected chi connectivity index (χ1v) is 8.87. The summed E-state index contributed by atoms with van der Waals surface area (Å²) in [4.78, 5) is 0. The van der Waals surface area contributed by atoms with Crippen LogP contribution < -0.4 is 0 Å². The van der Waals surface area contributed by atoms with Crippen molar-refractivity contribution in [3.05, 3.63) is 11.6 Å². The normalized spacial score (nSPS) is 34.7. The van der Waals surface area contributed by atoms with Gasteiger partial charge in [0.15, 0.2) is 0 Å². The standard InChI is InChI=1S/C12H20O3S2/c1-2-9-6-11-7-10(9)8-12(11)16-4-3-5-17(13,14)15/h2,10-12H,3-8H2,1H3,(H,13,14,15)/b9-2-/t10-,11+,12-/m1/s1. The Morgan fingerprint density at radius 3 is 2.76 bits per heavy atom. The molecule has 5 heteroatoms. The van der Waals surface area contributed by atoms with Gasteiger partial charge in [0.1, 0.15) is 0 Å². The number of allylic oxidation sites excluding steroid dienone is 2. The third-order valence-corrected chi connectivity index (χ3v) is 6.24. The van der Waals surface area contributed by atoms with E-state index in [9.17, 15) is 8.42 Å². The maximum Gasteiger partial charge on any atom is 0.264 e. The van der Waals surface area contributed by atoms with E-state index in [2.05, 4.69) is 13.0 Å². The third kappa shape index (κ3) is 3.48. The summed E-state index contributed by atoms with van der Waals surface area (Å²) >= 11 is 1.90. The molecule has 0 aliphatic heterocycles. The molecule has 0 unspecified atom stereocenters. The van der Waals surface area contributed by atoms with Crippen molar-refractivity contribution < 1.29 is 13.0 Å². The first-order chi connectivity index (χ1) is 7.99. The SMILES string of the molecule is C/C=C1/C[C@H]2C[C@@H]1C[C@H]2SCCCS(=O)(=O)O. The van der Waals surface area contributed by atoms with Crippen molar-refractivity contribution in [3.63, 3.8) is 0 Å². The Morgan fingerprint density at radius 1 is 1.47 bits per heavy atom. The molecule has 3 nitrogen and oxygen atoms in total. The average Bonchev–Trinajstić information content (AvgIpc) is 2.81. The fourth-order valence-corrected chi connectivity index (χ4v) is 5.26. The molecule has 0 saturated heterocycles.